The zero-order valence-corrected chi connectivity index (χ0v) is 23.0. The molecule has 3 amide bonds. The fourth-order valence-corrected chi connectivity index (χ4v) is 6.41. The lowest BCUT2D eigenvalue weighted by atomic mass is 9.71. The van der Waals surface area contributed by atoms with E-state index < -0.39 is 60.2 Å². The van der Waals surface area contributed by atoms with Crippen LogP contribution in [0.5, 0.6) is 0 Å². The highest BCUT2D eigenvalue weighted by molar-refractivity contribution is 6.30. The lowest BCUT2D eigenvalue weighted by Gasteiger charge is -2.54. The molecule has 0 aromatic heterocycles. The van der Waals surface area contributed by atoms with Crippen LogP contribution < -0.4 is 16.0 Å². The molecule has 6 atom stereocenters. The van der Waals surface area contributed by atoms with Gasteiger partial charge in [0.1, 0.15) is 18.1 Å². The standard InChI is InChI=1S/C28H36ClF2N5O3/c1-16(2)11-23(34-19-7-3-6-18(29)13-19)27(39)36-21-8-9-22(28(30,31)14-21)24(36)26(38)35-20(15-32)12-17-5-4-10-33-25(17)37/h3,6-7,13,16-17,20-24,34H,4-5,8-12,14H2,1-2H3,(H,33,37)(H,35,38)/t17-,20+,21+,22+,23-,24+/m0/s1. The quantitative estimate of drug-likeness (QED) is 0.418. The molecule has 3 heterocycles. The van der Waals surface area contributed by atoms with Crippen molar-refractivity contribution in [2.24, 2.45) is 17.8 Å². The number of nitriles is 1. The summed E-state index contributed by atoms with van der Waals surface area (Å²) in [5.74, 6) is -6.18. The molecule has 3 saturated heterocycles. The van der Waals surface area contributed by atoms with Crippen LogP contribution in [0, 0.1) is 29.1 Å². The molecule has 212 valence electrons. The zero-order chi connectivity index (χ0) is 28.3. The number of carbonyl (C=O) groups is 3. The van der Waals surface area contributed by atoms with Crippen LogP contribution in [0.2, 0.25) is 5.02 Å². The summed E-state index contributed by atoms with van der Waals surface area (Å²) < 4.78 is 30.3. The van der Waals surface area contributed by atoms with Gasteiger partial charge in [0.15, 0.2) is 0 Å². The van der Waals surface area contributed by atoms with Gasteiger partial charge in [-0.05, 0) is 62.6 Å². The number of rotatable bonds is 9. The third-order valence-electron chi connectivity index (χ3n) is 8.02. The summed E-state index contributed by atoms with van der Waals surface area (Å²) in [6, 6.07) is 4.91. The second-order valence-electron chi connectivity index (χ2n) is 11.4. The number of anilines is 1. The first-order chi connectivity index (χ1) is 18.5. The van der Waals surface area contributed by atoms with Gasteiger partial charge in [0.25, 0.3) is 5.92 Å². The Morgan fingerprint density at radius 3 is 2.69 bits per heavy atom. The minimum Gasteiger partial charge on any atom is -0.374 e. The van der Waals surface area contributed by atoms with Crippen LogP contribution in [-0.4, -0.2) is 59.3 Å². The Morgan fingerprint density at radius 1 is 1.28 bits per heavy atom. The monoisotopic (exact) mass is 563 g/mol. The fourth-order valence-electron chi connectivity index (χ4n) is 6.22. The Morgan fingerprint density at radius 2 is 2.05 bits per heavy atom. The minimum atomic E-state index is -3.11. The van der Waals surface area contributed by atoms with Crippen LogP contribution in [0.1, 0.15) is 58.8 Å². The van der Waals surface area contributed by atoms with Crippen LogP contribution in [0.15, 0.2) is 24.3 Å². The summed E-state index contributed by atoms with van der Waals surface area (Å²) in [5, 5.41) is 18.8. The van der Waals surface area contributed by atoms with Crippen molar-refractivity contribution in [3.63, 3.8) is 0 Å². The summed E-state index contributed by atoms with van der Waals surface area (Å²) in [7, 11) is 0. The molecule has 11 heteroatoms. The van der Waals surface area contributed by atoms with E-state index in [1.54, 1.807) is 24.3 Å². The van der Waals surface area contributed by atoms with Crippen molar-refractivity contribution in [2.75, 3.05) is 11.9 Å². The summed E-state index contributed by atoms with van der Waals surface area (Å²) >= 11 is 6.13. The Balaban J connectivity index is 1.58. The van der Waals surface area contributed by atoms with E-state index >= 15 is 8.78 Å². The molecule has 1 aliphatic carbocycles. The lowest BCUT2D eigenvalue weighted by molar-refractivity contribution is -0.194. The van der Waals surface area contributed by atoms with Crippen LogP contribution in [-0.2, 0) is 14.4 Å². The number of halogens is 3. The Hall–Kier alpha value is -2.93. The average molecular weight is 564 g/mol. The van der Waals surface area contributed by atoms with E-state index in [2.05, 4.69) is 16.0 Å². The first-order valence-electron chi connectivity index (χ1n) is 13.7. The number of hydrogen-bond donors (Lipinski definition) is 3. The molecule has 5 rings (SSSR count). The van der Waals surface area contributed by atoms with Crippen molar-refractivity contribution in [2.45, 2.75) is 88.9 Å². The van der Waals surface area contributed by atoms with Gasteiger partial charge in [-0.1, -0.05) is 31.5 Å². The SMILES string of the molecule is CC(C)C[C@H](Nc1cccc(Cl)c1)C(=O)N1[C@@H]2CC[C@H]([C@@H]1C(=O)N[C@@H](C#N)C[C@@H]1CCCNC1=O)C(F)(F)C2. The number of nitrogens with zero attached hydrogens (tertiary/aromatic N) is 2. The highest BCUT2D eigenvalue weighted by Gasteiger charge is 2.61. The van der Waals surface area contributed by atoms with Crippen LogP contribution >= 0.6 is 11.6 Å². The molecule has 4 fully saturated rings. The number of alkyl halides is 2. The molecule has 8 nitrogen and oxygen atoms in total. The van der Waals surface area contributed by atoms with Crippen molar-refractivity contribution >= 4 is 35.0 Å². The highest BCUT2D eigenvalue weighted by Crippen LogP contribution is 2.49. The van der Waals surface area contributed by atoms with Crippen molar-refractivity contribution in [3.8, 4) is 6.07 Å². The van der Waals surface area contributed by atoms with Gasteiger partial charge >= 0.3 is 0 Å². The predicted octanol–water partition coefficient (Wildman–Crippen LogP) is 4.11. The number of fused-ring (bicyclic) bond motifs is 3. The number of hydrogen-bond acceptors (Lipinski definition) is 5. The van der Waals surface area contributed by atoms with Gasteiger partial charge in [-0.3, -0.25) is 14.4 Å². The molecule has 0 radical (unpaired) electrons. The molecule has 4 aliphatic rings. The molecule has 1 aromatic rings. The van der Waals surface area contributed by atoms with Gasteiger partial charge < -0.3 is 20.9 Å². The summed E-state index contributed by atoms with van der Waals surface area (Å²) in [6.07, 6.45) is 1.85. The van der Waals surface area contributed by atoms with Gasteiger partial charge in [0.05, 0.1) is 12.0 Å². The number of carbonyl (C=O) groups excluding carboxylic acids is 3. The summed E-state index contributed by atoms with van der Waals surface area (Å²) in [6.45, 7) is 4.48. The van der Waals surface area contributed by atoms with Gasteiger partial charge in [0.2, 0.25) is 17.7 Å². The first-order valence-corrected chi connectivity index (χ1v) is 14.1. The molecule has 3 N–H and O–H groups in total. The van der Waals surface area contributed by atoms with Crippen LogP contribution in [0.4, 0.5) is 14.5 Å². The van der Waals surface area contributed by atoms with Gasteiger partial charge in [0, 0.05) is 35.6 Å². The predicted molar refractivity (Wildman–Crippen MR) is 143 cm³/mol. The molecular weight excluding hydrogens is 528 g/mol. The maximum Gasteiger partial charge on any atom is 0.255 e. The van der Waals surface area contributed by atoms with E-state index in [0.29, 0.717) is 36.5 Å². The maximum absolute atomic E-state index is 15.1. The molecule has 1 saturated carbocycles. The molecular formula is C28H36ClF2N5O3. The molecule has 0 spiro atoms. The van der Waals surface area contributed by atoms with Crippen molar-refractivity contribution in [3.05, 3.63) is 29.3 Å². The van der Waals surface area contributed by atoms with E-state index in [4.69, 9.17) is 11.6 Å². The molecule has 3 aliphatic heterocycles. The second kappa shape index (κ2) is 12.1. The second-order valence-corrected chi connectivity index (χ2v) is 11.8. The van der Waals surface area contributed by atoms with Crippen molar-refractivity contribution < 1.29 is 23.2 Å². The largest absolute Gasteiger partial charge is 0.374 e. The average Bonchev–Trinajstić information content (AvgIpc) is 2.87. The van der Waals surface area contributed by atoms with E-state index in [-0.39, 0.29) is 24.7 Å². The number of amides is 3. The normalized spacial score (nSPS) is 27.3. The molecule has 1 aromatic carbocycles. The topological polar surface area (TPSA) is 114 Å². The Bertz CT molecular complexity index is 1130. The smallest absolute Gasteiger partial charge is 0.255 e. The van der Waals surface area contributed by atoms with E-state index in [1.165, 1.54) is 4.90 Å². The van der Waals surface area contributed by atoms with Crippen molar-refractivity contribution in [1.82, 2.24) is 15.5 Å². The first kappa shape index (κ1) is 29.1. The van der Waals surface area contributed by atoms with Crippen molar-refractivity contribution in [1.29, 1.82) is 5.26 Å². The third-order valence-corrected chi connectivity index (χ3v) is 8.26. The van der Waals surface area contributed by atoms with Gasteiger partial charge in [-0.15, -0.1) is 0 Å². The van der Waals surface area contributed by atoms with E-state index in [1.807, 2.05) is 19.9 Å². The van der Waals surface area contributed by atoms with Gasteiger partial charge in [-0.25, -0.2) is 8.78 Å². The van der Waals surface area contributed by atoms with Gasteiger partial charge in [-0.2, -0.15) is 5.26 Å². The highest BCUT2D eigenvalue weighted by atomic mass is 35.5. The maximum atomic E-state index is 15.1. The number of benzene rings is 1. The molecule has 39 heavy (non-hydrogen) atoms. The zero-order valence-electron chi connectivity index (χ0n) is 22.3. The molecule has 2 bridgehead atoms. The number of piperidine rings is 3. The van der Waals surface area contributed by atoms with E-state index in [9.17, 15) is 19.6 Å². The Kier molecular flexibility index (Phi) is 9.00. The summed E-state index contributed by atoms with van der Waals surface area (Å²) in [5.41, 5.74) is 0.616. The van der Waals surface area contributed by atoms with E-state index in [0.717, 1.165) is 6.42 Å². The van der Waals surface area contributed by atoms with Crippen LogP contribution in [0.25, 0.3) is 0 Å². The lowest BCUT2D eigenvalue weighted by Crippen LogP contribution is -2.70. The minimum absolute atomic E-state index is 0.0888. The Labute approximate surface area is 232 Å². The third kappa shape index (κ3) is 6.63. The number of nitrogens with one attached hydrogen (secondary N) is 3. The van der Waals surface area contributed by atoms with Crippen LogP contribution in [0.3, 0.4) is 0 Å². The summed E-state index contributed by atoms with van der Waals surface area (Å²) in [4.78, 5) is 41.2. The molecule has 0 unspecified atom stereocenters. The fraction of sp³-hybridized carbons (Fsp3) is 0.643.